The molecule has 2 fully saturated rings. The predicted molar refractivity (Wildman–Crippen MR) is 308 cm³/mol. The molecular formula is C60H66F3N13O5. The lowest BCUT2D eigenvalue weighted by Crippen LogP contribution is -2.43. The Labute approximate surface area is 467 Å². The van der Waals surface area contributed by atoms with Crippen molar-refractivity contribution in [3.63, 3.8) is 0 Å². The number of piperazine rings is 2. The number of nitrogens with zero attached hydrogens (tertiary/aromatic N) is 9. The summed E-state index contributed by atoms with van der Waals surface area (Å²) in [6.45, 7) is 14.8. The average molecular weight is 1110 g/mol. The summed E-state index contributed by atoms with van der Waals surface area (Å²) >= 11 is 0. The third kappa shape index (κ3) is 14.2. The fourth-order valence-electron chi connectivity index (χ4n) is 9.57. The van der Waals surface area contributed by atoms with Crippen molar-refractivity contribution in [2.45, 2.75) is 39.8 Å². The molecule has 0 atom stereocenters. The van der Waals surface area contributed by atoms with Gasteiger partial charge in [0.2, 0.25) is 23.7 Å². The SMILES string of the molecule is CC(C)Oc1nc(Nc2ccc(CN3CCN(C)CC3)cc2)nc2[nH]cc(-c3ccc(F)cc3F)c12.COCCOc1nc(Nc2ccc(CN3CCN(C)CC3)cc2)nc2[nH]cc(-c3ccc(OCn4ccccc4=O)cc3F)c12. The average Bonchev–Trinajstić information content (AvgIpc) is 4.33. The molecule has 4 N–H and O–H groups in total. The summed E-state index contributed by atoms with van der Waals surface area (Å²) < 4.78 is 67.7. The normalized spacial score (nSPS) is 14.5. The maximum Gasteiger partial charge on any atom is 0.253 e. The highest BCUT2D eigenvalue weighted by Gasteiger charge is 2.23. The van der Waals surface area contributed by atoms with Crippen molar-refractivity contribution in [1.29, 1.82) is 0 Å². The van der Waals surface area contributed by atoms with Gasteiger partial charge in [-0.05, 0) is 93.7 Å². The second-order valence-corrected chi connectivity index (χ2v) is 20.4. The monoisotopic (exact) mass is 1110 g/mol. The van der Waals surface area contributed by atoms with E-state index in [1.807, 2.05) is 38.1 Å². The molecule has 422 valence electrons. The van der Waals surface area contributed by atoms with Gasteiger partial charge in [0.1, 0.15) is 41.1 Å². The second kappa shape index (κ2) is 25.8. The van der Waals surface area contributed by atoms with E-state index in [4.69, 9.17) is 18.9 Å². The first-order chi connectivity index (χ1) is 39.3. The van der Waals surface area contributed by atoms with E-state index < -0.39 is 17.5 Å². The van der Waals surface area contributed by atoms with Crippen molar-refractivity contribution >= 4 is 45.3 Å². The summed E-state index contributed by atoms with van der Waals surface area (Å²) in [6.07, 6.45) is 4.77. The van der Waals surface area contributed by atoms with Crippen LogP contribution in [0.3, 0.4) is 0 Å². The first kappa shape index (κ1) is 56.0. The van der Waals surface area contributed by atoms with Gasteiger partial charge in [-0.1, -0.05) is 30.3 Å². The van der Waals surface area contributed by atoms with Crippen LogP contribution < -0.4 is 30.4 Å². The van der Waals surface area contributed by atoms with Crippen LogP contribution in [0.25, 0.3) is 44.3 Å². The van der Waals surface area contributed by atoms with Crippen LogP contribution in [0.1, 0.15) is 25.0 Å². The van der Waals surface area contributed by atoms with Gasteiger partial charge in [0.25, 0.3) is 5.56 Å². The van der Waals surface area contributed by atoms with E-state index >= 15 is 4.39 Å². The maximum absolute atomic E-state index is 15.5. The van der Waals surface area contributed by atoms with Gasteiger partial charge < -0.3 is 49.3 Å². The summed E-state index contributed by atoms with van der Waals surface area (Å²) in [6, 6.07) is 29.3. The van der Waals surface area contributed by atoms with Crippen molar-refractivity contribution in [3.05, 3.63) is 161 Å². The molecule has 0 aliphatic carbocycles. The van der Waals surface area contributed by atoms with Gasteiger partial charge in [-0.15, -0.1) is 0 Å². The molecule has 7 heterocycles. The Morgan fingerprint density at radius 3 is 1.64 bits per heavy atom. The number of halogens is 3. The smallest absolute Gasteiger partial charge is 0.253 e. The number of likely N-dealkylation sites (N-methyl/N-ethyl adjacent to an activating group) is 2. The molecule has 0 saturated carbocycles. The van der Waals surface area contributed by atoms with Crippen LogP contribution in [0.15, 0.2) is 127 Å². The van der Waals surface area contributed by atoms with Crippen molar-refractivity contribution in [1.82, 2.24) is 54.1 Å². The zero-order valence-corrected chi connectivity index (χ0v) is 46.0. The Kier molecular flexibility index (Phi) is 17.9. The summed E-state index contributed by atoms with van der Waals surface area (Å²) in [5.74, 6) is -0.184. The Morgan fingerprint density at radius 1 is 0.593 bits per heavy atom. The highest BCUT2D eigenvalue weighted by atomic mass is 19.1. The van der Waals surface area contributed by atoms with Crippen LogP contribution in [0.4, 0.5) is 36.4 Å². The fraction of sp³-hybridized carbons (Fsp3) is 0.317. The van der Waals surface area contributed by atoms with Crippen LogP contribution >= 0.6 is 0 Å². The van der Waals surface area contributed by atoms with Crippen molar-refractivity contribution in [3.8, 4) is 39.8 Å². The lowest BCUT2D eigenvalue weighted by atomic mass is 10.1. The first-order valence-corrected chi connectivity index (χ1v) is 27.0. The van der Waals surface area contributed by atoms with Crippen molar-refractivity contribution < 1.29 is 32.1 Å². The number of aromatic amines is 2. The highest BCUT2D eigenvalue weighted by Crippen LogP contribution is 2.39. The Hall–Kier alpha value is -8.34. The van der Waals surface area contributed by atoms with Gasteiger partial charge in [-0.3, -0.25) is 19.2 Å². The van der Waals surface area contributed by atoms with Crippen molar-refractivity contribution in [2.24, 2.45) is 0 Å². The van der Waals surface area contributed by atoms with E-state index in [0.717, 1.165) is 82.9 Å². The summed E-state index contributed by atoms with van der Waals surface area (Å²) in [7, 11) is 5.91. The minimum Gasteiger partial charge on any atom is -0.475 e. The van der Waals surface area contributed by atoms with Gasteiger partial charge in [0, 0.05) is 143 Å². The largest absolute Gasteiger partial charge is 0.475 e. The molecule has 0 bridgehead atoms. The number of aromatic nitrogens is 7. The van der Waals surface area contributed by atoms with Crippen LogP contribution in [0, 0.1) is 17.5 Å². The fourth-order valence-corrected chi connectivity index (χ4v) is 9.57. The van der Waals surface area contributed by atoms with Gasteiger partial charge in [-0.2, -0.15) is 19.9 Å². The number of nitrogens with one attached hydrogen (secondary N) is 4. The number of anilines is 4. The van der Waals surface area contributed by atoms with Gasteiger partial charge >= 0.3 is 0 Å². The topological polar surface area (TPSA) is 179 Å². The summed E-state index contributed by atoms with van der Waals surface area (Å²) in [4.78, 5) is 46.3. The molecule has 5 aromatic heterocycles. The molecule has 2 aliphatic rings. The minimum absolute atomic E-state index is 0.0361. The Morgan fingerprint density at radius 2 is 1.12 bits per heavy atom. The first-order valence-electron chi connectivity index (χ1n) is 27.0. The third-order valence-electron chi connectivity index (χ3n) is 14.0. The zero-order valence-electron chi connectivity index (χ0n) is 46.0. The molecule has 9 aromatic rings. The number of H-pyrrole nitrogens is 2. The van der Waals surface area contributed by atoms with E-state index in [1.165, 1.54) is 40.0 Å². The lowest BCUT2D eigenvalue weighted by molar-refractivity contribution is 0.144. The molecule has 21 heteroatoms. The number of rotatable bonds is 19. The predicted octanol–water partition coefficient (Wildman–Crippen LogP) is 9.66. The zero-order chi connectivity index (χ0) is 56.4. The molecule has 0 radical (unpaired) electrons. The number of ether oxygens (including phenoxy) is 4. The number of pyridine rings is 1. The van der Waals surface area contributed by atoms with E-state index in [1.54, 1.807) is 50.0 Å². The number of methoxy groups -OCH3 is 1. The van der Waals surface area contributed by atoms with Crippen LogP contribution in [-0.4, -0.2) is 147 Å². The van der Waals surface area contributed by atoms with Gasteiger partial charge in [-0.25, -0.2) is 13.2 Å². The van der Waals surface area contributed by atoms with Crippen LogP contribution in [0.2, 0.25) is 0 Å². The number of hydrogen-bond donors (Lipinski definition) is 4. The lowest BCUT2D eigenvalue weighted by Gasteiger charge is -2.32. The van der Waals surface area contributed by atoms with E-state index in [-0.39, 0.29) is 30.6 Å². The van der Waals surface area contributed by atoms with Gasteiger partial charge in [0.05, 0.1) is 23.5 Å². The molecule has 0 unspecified atom stereocenters. The van der Waals surface area contributed by atoms with E-state index in [2.05, 4.69) is 98.5 Å². The van der Waals surface area contributed by atoms with E-state index in [9.17, 15) is 13.6 Å². The summed E-state index contributed by atoms with van der Waals surface area (Å²) in [5, 5.41) is 7.61. The van der Waals surface area contributed by atoms with Gasteiger partial charge in [0.15, 0.2) is 6.73 Å². The quantitative estimate of drug-likeness (QED) is 0.0562. The third-order valence-corrected chi connectivity index (χ3v) is 14.0. The molecule has 0 amide bonds. The number of fused-ring (bicyclic) bond motifs is 2. The maximum atomic E-state index is 15.5. The van der Waals surface area contributed by atoms with Crippen LogP contribution in [0.5, 0.6) is 17.5 Å². The number of benzene rings is 4. The minimum atomic E-state index is -0.662. The molecule has 4 aromatic carbocycles. The summed E-state index contributed by atoms with van der Waals surface area (Å²) in [5.41, 5.74) is 6.58. The Bertz CT molecular complexity index is 3620. The molecule has 0 spiro atoms. The Balaban J connectivity index is 0.000000186. The molecule has 11 rings (SSSR count). The van der Waals surface area contributed by atoms with Crippen molar-refractivity contribution in [2.75, 3.05) is 97.4 Å². The van der Waals surface area contributed by atoms with E-state index in [0.29, 0.717) is 74.8 Å². The molecule has 2 aliphatic heterocycles. The standard InChI is InChI=1S/C33H36FN7O4.C27H30F2N6O/c1-39-13-15-40(16-14-39)21-23-6-8-24(9-7-23)36-33-37-31-30(32(38-33)44-18-17-43-2)27(20-35-31)26-11-10-25(19-28(26)34)45-22-41-12-4-3-5-29(41)42;1-17(2)36-26-24-22(21-9-6-19(28)14-23(21)29)15-30-25(24)32-27(33-26)31-20-7-4-18(5-8-20)16-35-12-10-34(3)11-13-35/h3-12,19-20H,13-18,21-22H2,1-2H3,(H2,35,36,37,38);4-9,14-15,17H,10-13,16H2,1-3H3,(H2,30,31,32,33). The molecular weight excluding hydrogens is 1040 g/mol. The van der Waals surface area contributed by atoms with Crippen LogP contribution in [-0.2, 0) is 24.6 Å². The molecule has 18 nitrogen and oxygen atoms in total. The second-order valence-electron chi connectivity index (χ2n) is 20.4. The highest BCUT2D eigenvalue weighted by molar-refractivity contribution is 5.99. The molecule has 81 heavy (non-hydrogen) atoms. The molecule has 2 saturated heterocycles. The number of hydrogen-bond acceptors (Lipinski definition) is 15.